The van der Waals surface area contributed by atoms with Crippen LogP contribution in [0.5, 0.6) is 0 Å². The summed E-state index contributed by atoms with van der Waals surface area (Å²) in [5.74, 6) is 1.38. The van der Waals surface area contributed by atoms with Crippen molar-refractivity contribution >= 4 is 17.4 Å². The zero-order valence-corrected chi connectivity index (χ0v) is 12.5. The van der Waals surface area contributed by atoms with Crippen LogP contribution in [-0.4, -0.2) is 16.5 Å². The van der Waals surface area contributed by atoms with Crippen molar-refractivity contribution in [2.24, 2.45) is 5.92 Å². The van der Waals surface area contributed by atoms with Gasteiger partial charge in [0.2, 0.25) is 0 Å². The predicted molar refractivity (Wildman–Crippen MR) is 80.5 cm³/mol. The number of hydrogen-bond donors (Lipinski definition) is 1. The van der Waals surface area contributed by atoms with Crippen LogP contribution in [0.25, 0.3) is 11.1 Å². The van der Waals surface area contributed by atoms with Crippen LogP contribution in [0.15, 0.2) is 24.3 Å². The first-order chi connectivity index (χ1) is 9.47. The van der Waals surface area contributed by atoms with Crippen LogP contribution in [0.2, 0.25) is 5.15 Å². The molecule has 3 nitrogen and oxygen atoms in total. The second-order valence-electron chi connectivity index (χ2n) is 5.07. The van der Waals surface area contributed by atoms with Crippen molar-refractivity contribution < 1.29 is 4.39 Å². The number of hydrogen-bond acceptors (Lipinski definition) is 3. The minimum atomic E-state index is -0.311. The molecule has 0 atom stereocenters. The summed E-state index contributed by atoms with van der Waals surface area (Å²) in [6, 6.07) is 6.27. The molecule has 2 aromatic rings. The lowest BCUT2D eigenvalue weighted by molar-refractivity contribution is 0.628. The van der Waals surface area contributed by atoms with E-state index in [-0.39, 0.29) is 5.82 Å². The summed E-state index contributed by atoms with van der Waals surface area (Å²) in [5, 5.41) is 3.58. The molecule has 0 saturated carbocycles. The fourth-order valence-electron chi connectivity index (χ4n) is 1.87. The highest BCUT2D eigenvalue weighted by Gasteiger charge is 2.14. The lowest BCUT2D eigenvalue weighted by Crippen LogP contribution is -2.11. The molecule has 0 fully saturated rings. The number of anilines is 1. The Morgan fingerprint density at radius 2 is 2.05 bits per heavy atom. The molecule has 5 heteroatoms. The molecule has 1 heterocycles. The van der Waals surface area contributed by atoms with E-state index >= 15 is 0 Å². The third-order valence-corrected chi connectivity index (χ3v) is 3.04. The molecule has 0 spiro atoms. The molecule has 0 amide bonds. The topological polar surface area (TPSA) is 37.8 Å². The van der Waals surface area contributed by atoms with Gasteiger partial charge in [0.25, 0.3) is 0 Å². The van der Waals surface area contributed by atoms with Crippen LogP contribution in [0, 0.1) is 18.7 Å². The minimum Gasteiger partial charge on any atom is -0.369 e. The van der Waals surface area contributed by atoms with E-state index in [1.807, 2.05) is 0 Å². The minimum absolute atomic E-state index is 0.311. The average Bonchev–Trinajstić information content (AvgIpc) is 2.35. The van der Waals surface area contributed by atoms with Crippen LogP contribution in [0.3, 0.4) is 0 Å². The summed E-state index contributed by atoms with van der Waals surface area (Å²) in [5.41, 5.74) is 1.30. The lowest BCUT2D eigenvalue weighted by atomic mass is 10.1. The highest BCUT2D eigenvalue weighted by atomic mass is 35.5. The van der Waals surface area contributed by atoms with Gasteiger partial charge in [-0.05, 0) is 30.5 Å². The summed E-state index contributed by atoms with van der Waals surface area (Å²) in [6.07, 6.45) is 0. The number of halogens is 2. The van der Waals surface area contributed by atoms with E-state index in [9.17, 15) is 4.39 Å². The molecule has 106 valence electrons. The predicted octanol–water partition coefficient (Wildman–Crippen LogP) is 4.31. The summed E-state index contributed by atoms with van der Waals surface area (Å²) >= 11 is 6.22. The van der Waals surface area contributed by atoms with Crippen molar-refractivity contribution in [3.63, 3.8) is 0 Å². The Balaban J connectivity index is 2.50. The highest BCUT2D eigenvalue weighted by molar-refractivity contribution is 6.32. The molecular weight excluding hydrogens is 277 g/mol. The number of aryl methyl sites for hydroxylation is 1. The monoisotopic (exact) mass is 293 g/mol. The van der Waals surface area contributed by atoms with Crippen molar-refractivity contribution in [2.45, 2.75) is 20.8 Å². The van der Waals surface area contributed by atoms with Gasteiger partial charge in [-0.1, -0.05) is 37.6 Å². The molecule has 2 rings (SSSR count). The first-order valence-electron chi connectivity index (χ1n) is 6.51. The van der Waals surface area contributed by atoms with Gasteiger partial charge in [-0.3, -0.25) is 0 Å². The van der Waals surface area contributed by atoms with Crippen molar-refractivity contribution in [3.05, 3.63) is 41.1 Å². The van der Waals surface area contributed by atoms with E-state index in [0.29, 0.717) is 33.8 Å². The molecule has 1 aromatic carbocycles. The van der Waals surface area contributed by atoms with Crippen molar-refractivity contribution in [2.75, 3.05) is 11.9 Å². The first-order valence-corrected chi connectivity index (χ1v) is 6.89. The number of aromatic nitrogens is 2. The molecule has 0 aliphatic heterocycles. The standard InChI is InChI=1S/C15H17ClFN3/c1-9(2)8-18-15-13(14(16)19-10(3)20-15)11-5-4-6-12(17)7-11/h4-7,9H,8H2,1-3H3,(H,18,19,20). The number of nitrogens with zero attached hydrogens (tertiary/aromatic N) is 2. The van der Waals surface area contributed by atoms with E-state index in [1.54, 1.807) is 19.1 Å². The van der Waals surface area contributed by atoms with Crippen LogP contribution in [0.1, 0.15) is 19.7 Å². The van der Waals surface area contributed by atoms with Gasteiger partial charge >= 0.3 is 0 Å². The van der Waals surface area contributed by atoms with Gasteiger partial charge in [0.1, 0.15) is 22.6 Å². The van der Waals surface area contributed by atoms with E-state index in [1.165, 1.54) is 12.1 Å². The van der Waals surface area contributed by atoms with E-state index in [2.05, 4.69) is 29.1 Å². The van der Waals surface area contributed by atoms with Gasteiger partial charge in [0.15, 0.2) is 0 Å². The Kier molecular flexibility index (Phi) is 4.55. The molecule has 1 N–H and O–H groups in total. The molecule has 0 bridgehead atoms. The number of nitrogens with one attached hydrogen (secondary N) is 1. The Morgan fingerprint density at radius 3 is 2.70 bits per heavy atom. The van der Waals surface area contributed by atoms with Gasteiger partial charge in [-0.15, -0.1) is 0 Å². The van der Waals surface area contributed by atoms with Crippen molar-refractivity contribution in [1.29, 1.82) is 0 Å². The number of benzene rings is 1. The summed E-state index contributed by atoms with van der Waals surface area (Å²) < 4.78 is 13.4. The van der Waals surface area contributed by atoms with Gasteiger partial charge in [-0.25, -0.2) is 14.4 Å². The molecule has 1 aromatic heterocycles. The molecular formula is C15H17ClFN3. The normalized spacial score (nSPS) is 10.9. The zero-order chi connectivity index (χ0) is 14.7. The largest absolute Gasteiger partial charge is 0.369 e. The second kappa shape index (κ2) is 6.18. The van der Waals surface area contributed by atoms with Crippen LogP contribution in [-0.2, 0) is 0 Å². The van der Waals surface area contributed by atoms with Crippen LogP contribution >= 0.6 is 11.6 Å². The fraction of sp³-hybridized carbons (Fsp3) is 0.333. The molecule has 0 unspecified atom stereocenters. The maximum absolute atomic E-state index is 13.4. The highest BCUT2D eigenvalue weighted by Crippen LogP contribution is 2.33. The summed E-state index contributed by atoms with van der Waals surface area (Å²) in [4.78, 5) is 8.54. The van der Waals surface area contributed by atoms with Gasteiger partial charge < -0.3 is 5.32 Å². The Labute approximate surface area is 123 Å². The molecule has 0 aliphatic rings. The molecule has 0 radical (unpaired) electrons. The van der Waals surface area contributed by atoms with E-state index in [4.69, 9.17) is 11.6 Å². The fourth-order valence-corrected chi connectivity index (χ4v) is 2.19. The molecule has 0 saturated heterocycles. The number of rotatable bonds is 4. The Hall–Kier alpha value is -1.68. The Morgan fingerprint density at radius 1 is 1.30 bits per heavy atom. The smallest absolute Gasteiger partial charge is 0.142 e. The molecule has 20 heavy (non-hydrogen) atoms. The van der Waals surface area contributed by atoms with Gasteiger partial charge in [0, 0.05) is 6.54 Å². The van der Waals surface area contributed by atoms with Gasteiger partial charge in [-0.2, -0.15) is 0 Å². The molecule has 0 aliphatic carbocycles. The van der Waals surface area contributed by atoms with Crippen molar-refractivity contribution in [1.82, 2.24) is 9.97 Å². The zero-order valence-electron chi connectivity index (χ0n) is 11.7. The second-order valence-corrected chi connectivity index (χ2v) is 5.43. The quantitative estimate of drug-likeness (QED) is 0.854. The lowest BCUT2D eigenvalue weighted by Gasteiger charge is -2.14. The van der Waals surface area contributed by atoms with Gasteiger partial charge in [0.05, 0.1) is 5.56 Å². The van der Waals surface area contributed by atoms with E-state index < -0.39 is 0 Å². The summed E-state index contributed by atoms with van der Waals surface area (Å²) in [7, 11) is 0. The van der Waals surface area contributed by atoms with Crippen molar-refractivity contribution in [3.8, 4) is 11.1 Å². The van der Waals surface area contributed by atoms with Crippen LogP contribution in [0.4, 0.5) is 10.2 Å². The maximum atomic E-state index is 13.4. The third kappa shape index (κ3) is 3.45. The maximum Gasteiger partial charge on any atom is 0.142 e. The average molecular weight is 294 g/mol. The Bertz CT molecular complexity index is 614. The first kappa shape index (κ1) is 14.7. The summed E-state index contributed by atoms with van der Waals surface area (Å²) in [6.45, 7) is 6.74. The van der Waals surface area contributed by atoms with E-state index in [0.717, 1.165) is 6.54 Å². The SMILES string of the molecule is Cc1nc(Cl)c(-c2cccc(F)c2)c(NCC(C)C)n1. The third-order valence-electron chi connectivity index (χ3n) is 2.77. The van der Waals surface area contributed by atoms with Crippen LogP contribution < -0.4 is 5.32 Å².